The fourth-order valence-electron chi connectivity index (χ4n) is 2.92. The summed E-state index contributed by atoms with van der Waals surface area (Å²) in [6, 6.07) is 11.2. The standard InChI is InChI=1S/C19H15N7O2.C3H6O/c1-27-15-4-3-11(7-16(15)28-2)5-6-26-18(23)12(8-20)17-19(26)25-14(10-22)13(9-21)24-17;1-3(2)4/h3-4,7H,5-6,23H2,1-2H3;1-2H3. The zero-order valence-electron chi connectivity index (χ0n) is 18.1. The third-order valence-corrected chi connectivity index (χ3v) is 4.31. The second-order valence-corrected chi connectivity index (χ2v) is 6.69. The number of carbonyl (C=O) groups is 1. The van der Waals surface area contributed by atoms with Gasteiger partial charge in [-0.15, -0.1) is 0 Å². The van der Waals surface area contributed by atoms with Crippen molar-refractivity contribution in [1.29, 1.82) is 15.8 Å². The maximum Gasteiger partial charge on any atom is 0.179 e. The van der Waals surface area contributed by atoms with Crippen molar-refractivity contribution >= 4 is 22.8 Å². The molecule has 3 aromatic rings. The fraction of sp³-hybridized carbons (Fsp3) is 0.273. The third kappa shape index (κ3) is 4.92. The van der Waals surface area contributed by atoms with Crippen molar-refractivity contribution < 1.29 is 14.3 Å². The number of nitrogens with zero attached hydrogens (tertiary/aromatic N) is 6. The molecule has 32 heavy (non-hydrogen) atoms. The number of aromatic nitrogens is 3. The van der Waals surface area contributed by atoms with Gasteiger partial charge in [0.25, 0.3) is 0 Å². The number of nitrogen functional groups attached to an aromatic ring is 1. The van der Waals surface area contributed by atoms with Gasteiger partial charge in [-0.2, -0.15) is 15.8 Å². The number of nitriles is 3. The Morgan fingerprint density at radius 3 is 2.16 bits per heavy atom. The van der Waals surface area contributed by atoms with E-state index >= 15 is 0 Å². The molecule has 0 aliphatic rings. The van der Waals surface area contributed by atoms with E-state index in [1.165, 1.54) is 13.8 Å². The van der Waals surface area contributed by atoms with Crippen LogP contribution in [0.2, 0.25) is 0 Å². The minimum absolute atomic E-state index is 0.107. The molecule has 0 radical (unpaired) electrons. The lowest BCUT2D eigenvalue weighted by Crippen LogP contribution is -2.07. The van der Waals surface area contributed by atoms with Crippen molar-refractivity contribution in [2.75, 3.05) is 20.0 Å². The first-order chi connectivity index (χ1) is 15.3. The van der Waals surface area contributed by atoms with Crippen LogP contribution >= 0.6 is 0 Å². The number of benzene rings is 1. The Hall–Kier alpha value is -4.62. The lowest BCUT2D eigenvalue weighted by Gasteiger charge is -2.11. The largest absolute Gasteiger partial charge is 0.493 e. The van der Waals surface area contributed by atoms with Crippen LogP contribution in [0.1, 0.15) is 36.4 Å². The molecular formula is C22H21N7O3. The molecule has 0 atom stereocenters. The second-order valence-electron chi connectivity index (χ2n) is 6.69. The van der Waals surface area contributed by atoms with Gasteiger partial charge in [0.15, 0.2) is 28.5 Å². The molecule has 0 aliphatic carbocycles. The molecule has 10 nitrogen and oxygen atoms in total. The van der Waals surface area contributed by atoms with E-state index in [4.69, 9.17) is 20.5 Å². The number of methoxy groups -OCH3 is 2. The molecule has 0 saturated heterocycles. The van der Waals surface area contributed by atoms with Crippen LogP contribution in [0, 0.1) is 34.0 Å². The Bertz CT molecular complexity index is 1290. The molecule has 0 fully saturated rings. The molecule has 10 heteroatoms. The Labute approximate surface area is 185 Å². The molecule has 162 valence electrons. The average Bonchev–Trinajstić information content (AvgIpc) is 3.05. The summed E-state index contributed by atoms with van der Waals surface area (Å²) in [5.74, 6) is 1.59. The first-order valence-electron chi connectivity index (χ1n) is 9.39. The zero-order valence-corrected chi connectivity index (χ0v) is 18.1. The van der Waals surface area contributed by atoms with Crippen molar-refractivity contribution in [2.45, 2.75) is 26.8 Å². The molecule has 0 saturated carbocycles. The molecule has 2 heterocycles. The first kappa shape index (κ1) is 23.7. The summed E-state index contributed by atoms with van der Waals surface area (Å²) in [6.07, 6.45) is 0.558. The van der Waals surface area contributed by atoms with Crippen LogP contribution in [0.4, 0.5) is 5.82 Å². The van der Waals surface area contributed by atoms with Gasteiger partial charge in [-0.05, 0) is 38.0 Å². The van der Waals surface area contributed by atoms with Crippen molar-refractivity contribution in [3.63, 3.8) is 0 Å². The number of fused-ring (bicyclic) bond motifs is 1. The highest BCUT2D eigenvalue weighted by molar-refractivity contribution is 5.87. The maximum atomic E-state index is 9.44. The number of hydrogen-bond acceptors (Lipinski definition) is 9. The van der Waals surface area contributed by atoms with Crippen LogP contribution in [-0.4, -0.2) is 34.5 Å². The highest BCUT2D eigenvalue weighted by Crippen LogP contribution is 2.29. The van der Waals surface area contributed by atoms with Gasteiger partial charge in [-0.25, -0.2) is 9.97 Å². The predicted molar refractivity (Wildman–Crippen MR) is 116 cm³/mol. The molecule has 0 bridgehead atoms. The topological polar surface area (TPSA) is 164 Å². The summed E-state index contributed by atoms with van der Waals surface area (Å²) in [6.45, 7) is 3.45. The highest BCUT2D eigenvalue weighted by atomic mass is 16.5. The molecule has 2 N–H and O–H groups in total. The summed E-state index contributed by atoms with van der Waals surface area (Å²) in [5.41, 5.74) is 7.48. The van der Waals surface area contributed by atoms with Crippen LogP contribution in [0.5, 0.6) is 11.5 Å². The second kappa shape index (κ2) is 10.4. The molecule has 2 aromatic heterocycles. The fourth-order valence-corrected chi connectivity index (χ4v) is 2.92. The van der Waals surface area contributed by atoms with Crippen LogP contribution < -0.4 is 15.2 Å². The molecule has 0 spiro atoms. The number of nitrogens with two attached hydrogens (primary N) is 1. The van der Waals surface area contributed by atoms with Gasteiger partial charge in [0.1, 0.15) is 40.9 Å². The molecule has 0 amide bonds. The summed E-state index contributed by atoms with van der Waals surface area (Å²) in [5, 5.41) is 27.8. The Balaban J connectivity index is 0.000000837. The van der Waals surface area contributed by atoms with E-state index in [2.05, 4.69) is 9.97 Å². The lowest BCUT2D eigenvalue weighted by molar-refractivity contribution is -0.114. The zero-order chi connectivity index (χ0) is 23.8. The van der Waals surface area contributed by atoms with E-state index in [-0.39, 0.29) is 34.1 Å². The smallest absolute Gasteiger partial charge is 0.179 e. The third-order valence-electron chi connectivity index (χ3n) is 4.31. The van der Waals surface area contributed by atoms with Gasteiger partial charge in [-0.1, -0.05) is 6.07 Å². The Kier molecular flexibility index (Phi) is 7.70. The minimum atomic E-state index is -0.136. The molecular weight excluding hydrogens is 410 g/mol. The number of hydrogen-bond donors (Lipinski definition) is 1. The number of anilines is 1. The number of ketones is 1. The first-order valence-corrected chi connectivity index (χ1v) is 9.39. The van der Waals surface area contributed by atoms with E-state index in [0.717, 1.165) is 5.56 Å². The van der Waals surface area contributed by atoms with E-state index in [1.54, 1.807) is 24.9 Å². The molecule has 0 unspecified atom stereocenters. The van der Waals surface area contributed by atoms with Crippen molar-refractivity contribution in [2.24, 2.45) is 0 Å². The quantitative estimate of drug-likeness (QED) is 0.639. The van der Waals surface area contributed by atoms with Crippen molar-refractivity contribution in [3.05, 3.63) is 40.7 Å². The number of carbonyl (C=O) groups excluding carboxylic acids is 1. The normalized spacial score (nSPS) is 9.66. The van der Waals surface area contributed by atoms with E-state index < -0.39 is 0 Å². The lowest BCUT2D eigenvalue weighted by atomic mass is 10.1. The molecule has 1 aromatic carbocycles. The van der Waals surface area contributed by atoms with Gasteiger partial charge in [0, 0.05) is 6.54 Å². The van der Waals surface area contributed by atoms with Gasteiger partial charge < -0.3 is 24.6 Å². The minimum Gasteiger partial charge on any atom is -0.493 e. The Morgan fingerprint density at radius 2 is 1.62 bits per heavy atom. The number of aryl methyl sites for hydroxylation is 2. The number of ether oxygens (including phenoxy) is 2. The molecule has 0 aliphatic heterocycles. The maximum absolute atomic E-state index is 9.44. The van der Waals surface area contributed by atoms with Gasteiger partial charge in [-0.3, -0.25) is 0 Å². The summed E-state index contributed by atoms with van der Waals surface area (Å²) < 4.78 is 12.2. The average molecular weight is 431 g/mol. The molecule has 3 rings (SSSR count). The number of Topliss-reactive ketones (excluding diaryl/α,β-unsaturated/α-hetero) is 1. The van der Waals surface area contributed by atoms with Gasteiger partial charge in [0.05, 0.1) is 14.2 Å². The van der Waals surface area contributed by atoms with Crippen molar-refractivity contribution in [1.82, 2.24) is 14.5 Å². The summed E-state index contributed by atoms with van der Waals surface area (Å²) in [4.78, 5) is 17.8. The monoisotopic (exact) mass is 431 g/mol. The van der Waals surface area contributed by atoms with Crippen LogP contribution in [0.3, 0.4) is 0 Å². The summed E-state index contributed by atoms with van der Waals surface area (Å²) >= 11 is 0. The van der Waals surface area contributed by atoms with Crippen LogP contribution in [-0.2, 0) is 17.8 Å². The number of rotatable bonds is 5. The highest BCUT2D eigenvalue weighted by Gasteiger charge is 2.20. The summed E-state index contributed by atoms with van der Waals surface area (Å²) in [7, 11) is 3.12. The van der Waals surface area contributed by atoms with Crippen LogP contribution in [0.25, 0.3) is 11.2 Å². The van der Waals surface area contributed by atoms with Gasteiger partial charge >= 0.3 is 0 Å². The van der Waals surface area contributed by atoms with E-state index in [0.29, 0.717) is 30.1 Å². The van der Waals surface area contributed by atoms with Gasteiger partial charge in [0.2, 0.25) is 0 Å². The van der Waals surface area contributed by atoms with Crippen LogP contribution in [0.15, 0.2) is 18.2 Å². The predicted octanol–water partition coefficient (Wildman–Crippen LogP) is 2.48. The van der Waals surface area contributed by atoms with E-state index in [9.17, 15) is 15.3 Å². The SMILES string of the molecule is CC(C)=O.COc1ccc(CCn2c(N)c(C#N)c3nc(C#N)c(C#N)nc32)cc1OC. The van der Waals surface area contributed by atoms with Crippen molar-refractivity contribution in [3.8, 4) is 29.7 Å². The van der Waals surface area contributed by atoms with E-state index in [1.807, 2.05) is 30.3 Å². The Morgan fingerprint density at radius 1 is 1.03 bits per heavy atom.